The quantitative estimate of drug-likeness (QED) is 0.199. The zero-order valence-corrected chi connectivity index (χ0v) is 30.4. The van der Waals surface area contributed by atoms with E-state index in [2.05, 4.69) is 71.3 Å². The third kappa shape index (κ3) is 6.90. The summed E-state index contributed by atoms with van der Waals surface area (Å²) in [4.78, 5) is 45.3. The van der Waals surface area contributed by atoms with Gasteiger partial charge < -0.3 is 19.5 Å². The molecule has 2 aromatic carbocycles. The second-order valence-electron chi connectivity index (χ2n) is 14.1. The van der Waals surface area contributed by atoms with Crippen molar-refractivity contribution in [1.82, 2.24) is 34.9 Å². The minimum Gasteiger partial charge on any atom is -0.453 e. The summed E-state index contributed by atoms with van der Waals surface area (Å²) < 4.78 is 8.09. The molecule has 0 spiro atoms. The van der Waals surface area contributed by atoms with E-state index >= 15 is 0 Å². The molecule has 0 aliphatic carbocycles. The third-order valence-corrected chi connectivity index (χ3v) is 10.8. The smallest absolute Gasteiger partial charge is 0.328 e. The molecule has 8 rings (SSSR count). The molecule has 3 fully saturated rings. The number of carbonyl (C=O) groups excluding carboxylic acids is 2. The Kier molecular flexibility index (Phi) is 9.22. The van der Waals surface area contributed by atoms with Crippen LogP contribution in [0.1, 0.15) is 31.9 Å². The lowest BCUT2D eigenvalue weighted by Crippen LogP contribution is -2.53. The minimum atomic E-state index is -0.349. The first-order valence-corrected chi connectivity index (χ1v) is 18.3. The van der Waals surface area contributed by atoms with Crippen LogP contribution in [-0.4, -0.2) is 93.4 Å². The molecular weight excluding hydrogens is 680 g/mol. The van der Waals surface area contributed by atoms with Gasteiger partial charge in [0, 0.05) is 88.6 Å². The van der Waals surface area contributed by atoms with E-state index < -0.39 is 0 Å². The molecule has 2 N–H and O–H groups in total. The summed E-state index contributed by atoms with van der Waals surface area (Å²) in [7, 11) is 1.88. The number of hydrogen-bond donors (Lipinski definition) is 2. The van der Waals surface area contributed by atoms with Crippen molar-refractivity contribution in [3.63, 3.8) is 0 Å². The normalized spacial score (nSPS) is 19.1. The van der Waals surface area contributed by atoms with E-state index in [9.17, 15) is 9.59 Å². The van der Waals surface area contributed by atoms with Crippen molar-refractivity contribution in [3.8, 4) is 22.9 Å². The molecule has 14 heteroatoms. The van der Waals surface area contributed by atoms with Gasteiger partial charge in [-0.15, -0.1) is 0 Å². The number of amides is 3. The number of imidazole rings is 1. The van der Waals surface area contributed by atoms with Crippen LogP contribution >= 0.6 is 11.6 Å². The summed E-state index contributed by atoms with van der Waals surface area (Å²) >= 11 is 6.58. The Morgan fingerprint density at radius 1 is 0.923 bits per heavy atom. The number of urea groups is 1. The lowest BCUT2D eigenvalue weighted by atomic mass is 9.94. The number of aromatic amines is 1. The van der Waals surface area contributed by atoms with Crippen molar-refractivity contribution in [3.05, 3.63) is 71.6 Å². The molecule has 3 saturated heterocycles. The van der Waals surface area contributed by atoms with Gasteiger partial charge in [-0.2, -0.15) is 5.10 Å². The Morgan fingerprint density at radius 2 is 1.63 bits per heavy atom. The summed E-state index contributed by atoms with van der Waals surface area (Å²) in [5.74, 6) is 2.30. The Balaban J connectivity index is 0.835. The first-order chi connectivity index (χ1) is 25.2. The summed E-state index contributed by atoms with van der Waals surface area (Å²) in [6.45, 7) is 10.8. The van der Waals surface area contributed by atoms with Crippen LogP contribution in [0.4, 0.5) is 21.9 Å². The Labute approximate surface area is 307 Å². The highest BCUT2D eigenvalue weighted by Gasteiger charge is 2.29. The standard InChI is InChI=1S/C38H43ClN10O3/c1-24-21-48(19-18-47(24)22-26-12-15-46(16-13-26)27-4-6-29(7-5-27)49-17-14-33(50)41-38(49)51)28-8-10-30(11-9-28)52-35-32(39)20-40-37-34(35)42-36(43-37)31-23-45(3)44-25(31)2/h4-11,20,23-24,26H,12-19,21-22H2,1-3H3,(H,40,42,43)(H,41,50,51)/t24-/m1/s1. The summed E-state index contributed by atoms with van der Waals surface area (Å²) in [5.41, 5.74) is 6.12. The fraction of sp³-hybridized carbons (Fsp3) is 0.395. The number of hydrogen-bond acceptors (Lipinski definition) is 9. The Morgan fingerprint density at radius 3 is 2.33 bits per heavy atom. The number of nitrogens with zero attached hydrogens (tertiary/aromatic N) is 8. The maximum Gasteiger partial charge on any atom is 0.328 e. The van der Waals surface area contributed by atoms with Crippen molar-refractivity contribution in [2.45, 2.75) is 39.2 Å². The predicted octanol–water partition coefficient (Wildman–Crippen LogP) is 5.99. The average Bonchev–Trinajstić information content (AvgIpc) is 3.73. The second-order valence-corrected chi connectivity index (χ2v) is 14.5. The molecule has 5 aromatic rings. The molecule has 3 aromatic heterocycles. The molecule has 1 atom stereocenters. The molecule has 13 nitrogen and oxygen atoms in total. The number of fused-ring (bicyclic) bond motifs is 1. The van der Waals surface area contributed by atoms with E-state index in [0.29, 0.717) is 58.4 Å². The first-order valence-electron chi connectivity index (χ1n) is 18.0. The number of aryl methyl sites for hydroxylation is 2. The summed E-state index contributed by atoms with van der Waals surface area (Å²) in [6, 6.07) is 16.5. The zero-order valence-electron chi connectivity index (χ0n) is 29.7. The number of anilines is 3. The molecular formula is C38H43ClN10O3. The molecule has 0 saturated carbocycles. The van der Waals surface area contributed by atoms with E-state index in [1.54, 1.807) is 15.8 Å². The van der Waals surface area contributed by atoms with E-state index in [4.69, 9.17) is 16.3 Å². The topological polar surface area (TPSA) is 128 Å². The number of benzene rings is 2. The van der Waals surface area contributed by atoms with E-state index in [1.165, 1.54) is 11.4 Å². The van der Waals surface area contributed by atoms with E-state index in [-0.39, 0.29) is 11.9 Å². The van der Waals surface area contributed by atoms with Crippen LogP contribution in [0, 0.1) is 12.8 Å². The number of carbonyl (C=O) groups is 2. The second kappa shape index (κ2) is 14.1. The molecule has 3 aliphatic heterocycles. The van der Waals surface area contributed by atoms with Crippen LogP contribution in [0.15, 0.2) is 60.9 Å². The number of halogens is 1. The van der Waals surface area contributed by atoms with Gasteiger partial charge in [0.1, 0.15) is 22.1 Å². The van der Waals surface area contributed by atoms with Crippen LogP contribution in [0.5, 0.6) is 11.5 Å². The number of piperidine rings is 1. The minimum absolute atomic E-state index is 0.217. The Hall–Kier alpha value is -5.14. The molecule has 3 aliphatic rings. The lowest BCUT2D eigenvalue weighted by molar-refractivity contribution is -0.120. The van der Waals surface area contributed by atoms with Crippen molar-refractivity contribution in [1.29, 1.82) is 0 Å². The third-order valence-electron chi connectivity index (χ3n) is 10.6. The zero-order chi connectivity index (χ0) is 35.9. The van der Waals surface area contributed by atoms with Crippen LogP contribution in [0.3, 0.4) is 0 Å². The molecule has 6 heterocycles. The highest BCUT2D eigenvalue weighted by atomic mass is 35.5. The number of imide groups is 1. The predicted molar refractivity (Wildman–Crippen MR) is 202 cm³/mol. The van der Waals surface area contributed by atoms with Gasteiger partial charge in [0.2, 0.25) is 5.91 Å². The van der Waals surface area contributed by atoms with Gasteiger partial charge in [0.05, 0.1) is 17.5 Å². The van der Waals surface area contributed by atoms with E-state index in [1.807, 2.05) is 44.4 Å². The summed E-state index contributed by atoms with van der Waals surface area (Å²) in [6.07, 6.45) is 6.13. The maximum atomic E-state index is 12.2. The molecule has 0 bridgehead atoms. The van der Waals surface area contributed by atoms with Crippen molar-refractivity contribution >= 4 is 51.8 Å². The number of H-pyrrole nitrogens is 1. The van der Waals surface area contributed by atoms with Gasteiger partial charge >= 0.3 is 6.03 Å². The maximum absolute atomic E-state index is 12.2. The molecule has 270 valence electrons. The van der Waals surface area contributed by atoms with Gasteiger partial charge in [-0.3, -0.25) is 24.6 Å². The first kappa shape index (κ1) is 34.0. The molecule has 0 radical (unpaired) electrons. The Bertz CT molecular complexity index is 2090. The van der Waals surface area contributed by atoms with Crippen molar-refractivity contribution < 1.29 is 14.3 Å². The van der Waals surface area contributed by atoms with Gasteiger partial charge in [-0.25, -0.2) is 14.8 Å². The number of piperazine rings is 1. The fourth-order valence-corrected chi connectivity index (χ4v) is 7.86. The number of pyridine rings is 1. The van der Waals surface area contributed by atoms with Gasteiger partial charge in [-0.1, -0.05) is 11.6 Å². The van der Waals surface area contributed by atoms with Crippen molar-refractivity contribution in [2.24, 2.45) is 13.0 Å². The molecule has 52 heavy (non-hydrogen) atoms. The largest absolute Gasteiger partial charge is 0.453 e. The monoisotopic (exact) mass is 722 g/mol. The van der Waals surface area contributed by atoms with Gasteiger partial charge in [0.25, 0.3) is 0 Å². The number of ether oxygens (including phenoxy) is 1. The summed E-state index contributed by atoms with van der Waals surface area (Å²) in [5, 5.41) is 7.23. The SMILES string of the molecule is Cc1nn(C)cc1-c1nc2ncc(Cl)c(Oc3ccc(N4CCN(CC5CCN(c6ccc(N7CCC(=O)NC7=O)cc6)CC5)[C@H](C)C4)cc3)c2[nH]1. The average molecular weight is 723 g/mol. The van der Waals surface area contributed by atoms with Crippen LogP contribution < -0.4 is 24.8 Å². The lowest BCUT2D eigenvalue weighted by Gasteiger charge is -2.43. The van der Waals surface area contributed by atoms with Crippen LogP contribution in [0.25, 0.3) is 22.6 Å². The van der Waals surface area contributed by atoms with Crippen molar-refractivity contribution in [2.75, 3.05) is 60.5 Å². The number of nitrogens with one attached hydrogen (secondary N) is 2. The molecule has 3 amide bonds. The highest BCUT2D eigenvalue weighted by Crippen LogP contribution is 2.37. The number of aromatic nitrogens is 5. The fourth-order valence-electron chi connectivity index (χ4n) is 7.67. The van der Waals surface area contributed by atoms with Crippen LogP contribution in [-0.2, 0) is 11.8 Å². The van der Waals surface area contributed by atoms with Crippen LogP contribution in [0.2, 0.25) is 5.02 Å². The highest BCUT2D eigenvalue weighted by molar-refractivity contribution is 6.32. The molecule has 0 unspecified atom stereocenters. The van der Waals surface area contributed by atoms with Gasteiger partial charge in [-0.05, 0) is 81.1 Å². The van der Waals surface area contributed by atoms with Gasteiger partial charge in [0.15, 0.2) is 11.4 Å². The number of rotatable bonds is 8. The van der Waals surface area contributed by atoms with E-state index in [0.717, 1.165) is 69.1 Å².